The van der Waals surface area contributed by atoms with Crippen LogP contribution < -0.4 is 16.5 Å². The van der Waals surface area contributed by atoms with Crippen molar-refractivity contribution in [2.45, 2.75) is 33.6 Å². The van der Waals surface area contributed by atoms with E-state index >= 15 is 0 Å². The minimum absolute atomic E-state index is 0. The van der Waals surface area contributed by atoms with Crippen LogP contribution in [0, 0.1) is 0 Å². The maximum absolute atomic E-state index is 10.1. The quantitative estimate of drug-likeness (QED) is 0.485. The van der Waals surface area contributed by atoms with Gasteiger partial charge in [-0.15, -0.1) is 0 Å². The van der Waals surface area contributed by atoms with Crippen molar-refractivity contribution in [2.75, 3.05) is 20.1 Å². The van der Waals surface area contributed by atoms with Crippen LogP contribution in [0.2, 0.25) is 0 Å². The van der Waals surface area contributed by atoms with E-state index in [1.54, 1.807) is 13.8 Å². The van der Waals surface area contributed by atoms with Crippen LogP contribution in [0.15, 0.2) is 0 Å². The third kappa shape index (κ3) is 57.5. The van der Waals surface area contributed by atoms with E-state index in [1.807, 2.05) is 5.01 Å². The molecule has 0 aromatic heterocycles. The molecule has 1 rings (SSSR count). The summed E-state index contributed by atoms with van der Waals surface area (Å²) in [7, 11) is 1.41. The number of amides is 5. The topological polar surface area (TPSA) is 169 Å². The summed E-state index contributed by atoms with van der Waals surface area (Å²) in [4.78, 5) is 38.6. The van der Waals surface area contributed by atoms with E-state index in [0.29, 0.717) is 12.8 Å². The van der Waals surface area contributed by atoms with Gasteiger partial charge in [0.2, 0.25) is 11.8 Å². The maximum atomic E-state index is 10.1. The molecule has 0 spiro atoms. The number of urea groups is 1. The van der Waals surface area contributed by atoms with E-state index in [-0.39, 0.29) is 77.2 Å². The first kappa shape index (κ1) is 35.0. The van der Waals surface area contributed by atoms with E-state index in [0.717, 1.165) is 13.1 Å². The summed E-state index contributed by atoms with van der Waals surface area (Å²) < 4.78 is 0. The van der Waals surface area contributed by atoms with Crippen molar-refractivity contribution in [2.24, 2.45) is 5.73 Å². The van der Waals surface area contributed by atoms with Gasteiger partial charge in [-0.25, -0.2) is 5.01 Å². The van der Waals surface area contributed by atoms with Gasteiger partial charge in [-0.2, -0.15) is 0 Å². The summed E-state index contributed by atoms with van der Waals surface area (Å²) in [6.07, 6.45) is 0.778. The second-order valence-corrected chi connectivity index (χ2v) is 3.83. The fourth-order valence-corrected chi connectivity index (χ4v) is 0.384. The molecule has 0 bridgehead atoms. The van der Waals surface area contributed by atoms with Gasteiger partial charge in [-0.3, -0.25) is 19.8 Å². The Morgan fingerprint density at radius 1 is 1.04 bits per heavy atom. The van der Waals surface area contributed by atoms with E-state index < -0.39 is 11.9 Å². The fourth-order valence-electron chi connectivity index (χ4n) is 0.384. The average Bonchev–Trinajstić information content (AvgIpc) is 3.23. The van der Waals surface area contributed by atoms with E-state index in [4.69, 9.17) is 11.5 Å². The molecule has 6 N–H and O–H groups in total. The van der Waals surface area contributed by atoms with Gasteiger partial charge in [0.25, 0.3) is 0 Å². The third-order valence-electron chi connectivity index (χ3n) is 1.66. The Morgan fingerprint density at radius 3 is 1.38 bits per heavy atom. The molecule has 0 saturated carbocycles. The molecule has 12 heteroatoms. The molecule has 0 aliphatic carbocycles. The molecule has 1 aliphatic heterocycles. The number of carbonyl (C=O) groups is 4. The summed E-state index contributed by atoms with van der Waals surface area (Å²) >= 11 is 0. The Morgan fingerprint density at radius 2 is 1.33 bits per heavy atom. The van der Waals surface area contributed by atoms with Crippen LogP contribution in [0.5, 0.6) is 0 Å². The van der Waals surface area contributed by atoms with E-state index in [2.05, 4.69) is 16.5 Å². The molecule has 0 aromatic rings. The molecule has 1 heterocycles. The van der Waals surface area contributed by atoms with Crippen molar-refractivity contribution in [3.63, 3.8) is 0 Å². The Kier molecular flexibility index (Phi) is 36.6. The van der Waals surface area contributed by atoms with Gasteiger partial charge < -0.3 is 27.3 Å². The molecule has 2 radical (unpaired) electrons. The average molecular weight is 496 g/mol. The molecule has 1 fully saturated rings. The number of hydrogen-bond donors (Lipinski definition) is 3. The molecule has 136 valence electrons. The van der Waals surface area contributed by atoms with Gasteiger partial charge in [-0.1, -0.05) is 20.9 Å². The smallest absolute Gasteiger partial charge is 0.231 e. The summed E-state index contributed by atoms with van der Waals surface area (Å²) in [5.41, 5.74) is 19.5. The summed E-state index contributed by atoms with van der Waals surface area (Å²) in [5, 5.41) is 3.91. The van der Waals surface area contributed by atoms with E-state index in [9.17, 15) is 19.2 Å². The number of nitrogens with zero attached hydrogens (tertiary/aromatic N) is 1. The van der Waals surface area contributed by atoms with Gasteiger partial charge in [0, 0.05) is 97.8 Å². The molecular formula is C12H26N6O4Y2-2. The molecule has 24 heavy (non-hydrogen) atoms. The first-order valence-corrected chi connectivity index (χ1v) is 6.58. The normalized spacial score (nSPS) is 10.0. The van der Waals surface area contributed by atoms with E-state index in [1.165, 1.54) is 14.0 Å². The number of carbonyl (C=O) groups excluding carboxylic acids is 4. The molecular weight excluding hydrogens is 470 g/mol. The summed E-state index contributed by atoms with van der Waals surface area (Å²) in [6.45, 7) is 6.93. The van der Waals surface area contributed by atoms with Crippen molar-refractivity contribution < 1.29 is 84.6 Å². The first-order valence-electron chi connectivity index (χ1n) is 6.58. The monoisotopic (exact) mass is 496 g/mol. The largest absolute Gasteiger partial charge is 0.668 e. The van der Waals surface area contributed by atoms with Crippen LogP contribution >= 0.6 is 0 Å². The first-order chi connectivity index (χ1) is 10.1. The summed E-state index contributed by atoms with van der Waals surface area (Å²) in [6, 6.07) is -0.745. The van der Waals surface area contributed by atoms with Gasteiger partial charge >= 0.3 is 0 Å². The number of primary amides is 1. The maximum Gasteiger partial charge on any atom is 0.231 e. The number of hydrazine groups is 1. The Balaban J connectivity index is -0.0000000661. The van der Waals surface area contributed by atoms with Crippen LogP contribution in [0.4, 0.5) is 4.79 Å². The SMILES string of the molecule is CC(=O)NN1CC1.CCC(N)=O.CCC([NH-])=O.CNC([NH-])=O.[Y].[Y]. The van der Waals surface area contributed by atoms with Crippen LogP contribution in [-0.4, -0.2) is 48.9 Å². The van der Waals surface area contributed by atoms with Gasteiger partial charge in [0.15, 0.2) is 0 Å². The van der Waals surface area contributed by atoms with Crippen LogP contribution in [0.1, 0.15) is 33.6 Å². The van der Waals surface area contributed by atoms with Crippen molar-refractivity contribution in [3.8, 4) is 0 Å². The number of hydrogen-bond acceptors (Lipinski definition) is 5. The van der Waals surface area contributed by atoms with Gasteiger partial charge in [-0.05, 0) is 6.42 Å². The predicted octanol–water partition coefficient (Wildman–Crippen LogP) is 0.583. The number of rotatable bonds is 3. The standard InChI is InChI=1S/C4H8N2O.2C3H7NO.C2H6N2O.2Y/c1-4(7)5-6-2-3-6;2*1-2-3(4)5;1-4-2(3)5;;/h2-3H2,1H3,(H,5,7);2*2H2,1H3,(H2,4,5);1H3,(H3,3,4,5);;/p-2. The summed E-state index contributed by atoms with van der Waals surface area (Å²) in [5.74, 6) is -0.715. The Hall–Kier alpha value is -0.152. The molecule has 0 aromatic carbocycles. The predicted molar refractivity (Wildman–Crippen MR) is 83.3 cm³/mol. The molecule has 0 unspecified atom stereocenters. The molecule has 0 atom stereocenters. The molecule has 1 saturated heterocycles. The van der Waals surface area contributed by atoms with Crippen molar-refractivity contribution in [3.05, 3.63) is 11.5 Å². The fraction of sp³-hybridized carbons (Fsp3) is 0.667. The minimum Gasteiger partial charge on any atom is -0.668 e. The second-order valence-electron chi connectivity index (χ2n) is 3.83. The zero-order chi connectivity index (χ0) is 18.1. The van der Waals surface area contributed by atoms with Crippen LogP contribution in [0.3, 0.4) is 0 Å². The van der Waals surface area contributed by atoms with Gasteiger partial charge in [0.1, 0.15) is 6.03 Å². The second kappa shape index (κ2) is 25.1. The van der Waals surface area contributed by atoms with Crippen molar-refractivity contribution in [1.29, 1.82) is 0 Å². The van der Waals surface area contributed by atoms with Gasteiger partial charge in [0.05, 0.1) is 0 Å². The number of nitrogens with two attached hydrogens (primary N) is 1. The third-order valence-corrected chi connectivity index (χ3v) is 1.66. The minimum atomic E-state index is -0.745. The zero-order valence-electron chi connectivity index (χ0n) is 14.6. The Labute approximate surface area is 193 Å². The molecule has 10 nitrogen and oxygen atoms in total. The Bertz CT molecular complexity index is 321. The zero-order valence-corrected chi connectivity index (χ0v) is 20.3. The van der Waals surface area contributed by atoms with Crippen LogP contribution in [-0.2, 0) is 79.8 Å². The molecule has 1 aliphatic rings. The number of nitrogens with one attached hydrogen (secondary N) is 4. The van der Waals surface area contributed by atoms with Crippen molar-refractivity contribution in [1.82, 2.24) is 15.8 Å². The van der Waals surface area contributed by atoms with Crippen LogP contribution in [0.25, 0.3) is 11.5 Å². The molecule has 5 amide bonds. The van der Waals surface area contributed by atoms with Crippen molar-refractivity contribution >= 4 is 23.8 Å².